The number of rotatable bonds is 8. The van der Waals surface area contributed by atoms with Gasteiger partial charge in [0.05, 0.1) is 11.0 Å². The molecule has 0 saturated carbocycles. The average molecular weight is 382 g/mol. The molecule has 3 rings (SSSR count). The lowest BCUT2D eigenvalue weighted by Gasteiger charge is -2.13. The molecule has 28 heavy (non-hydrogen) atoms. The molecule has 0 aliphatic carbocycles. The summed E-state index contributed by atoms with van der Waals surface area (Å²) in [5, 5.41) is 20.9. The van der Waals surface area contributed by atoms with Crippen molar-refractivity contribution >= 4 is 5.69 Å². The van der Waals surface area contributed by atoms with E-state index in [9.17, 15) is 19.6 Å². The summed E-state index contributed by atoms with van der Waals surface area (Å²) in [6.45, 7) is 0.135. The molecule has 0 aliphatic rings. The molecule has 6 nitrogen and oxygen atoms in total. The Hall–Kier alpha value is -3.32. The van der Waals surface area contributed by atoms with Crippen LogP contribution in [0.2, 0.25) is 0 Å². The zero-order chi connectivity index (χ0) is 19.9. The molecule has 0 radical (unpaired) electrons. The van der Waals surface area contributed by atoms with Crippen molar-refractivity contribution in [3.63, 3.8) is 0 Å². The summed E-state index contributed by atoms with van der Waals surface area (Å²) in [5.41, 5.74) is 1.58. The van der Waals surface area contributed by atoms with Crippen molar-refractivity contribution in [3.8, 4) is 16.9 Å². The molecule has 0 bridgehead atoms. The molecule has 0 fully saturated rings. The smallest absolute Gasteiger partial charge is 0.270 e. The lowest BCUT2D eigenvalue weighted by Crippen LogP contribution is -2.18. The van der Waals surface area contributed by atoms with Crippen molar-refractivity contribution in [3.05, 3.63) is 88.5 Å². The molecule has 1 aromatic heterocycles. The number of hydrogen-bond acceptors (Lipinski definition) is 5. The van der Waals surface area contributed by atoms with Gasteiger partial charge in [0.2, 0.25) is 0 Å². The summed E-state index contributed by atoms with van der Waals surface area (Å²) in [7, 11) is 0. The van der Waals surface area contributed by atoms with Gasteiger partial charge < -0.3 is 9.84 Å². The molecule has 1 unspecified atom stereocenters. The lowest BCUT2D eigenvalue weighted by molar-refractivity contribution is -0.384. The van der Waals surface area contributed by atoms with E-state index in [-0.39, 0.29) is 17.9 Å². The van der Waals surface area contributed by atoms with Gasteiger partial charge in [0.15, 0.2) is 0 Å². The number of aryl methyl sites for hydroxylation is 1. The Bertz CT molecular complexity index is 933. The van der Waals surface area contributed by atoms with E-state index in [1.54, 1.807) is 36.7 Å². The van der Waals surface area contributed by atoms with Gasteiger partial charge in [0.1, 0.15) is 18.2 Å². The Morgan fingerprint density at radius 2 is 1.82 bits per heavy atom. The Morgan fingerprint density at radius 1 is 1.11 bits per heavy atom. The second kappa shape index (κ2) is 9.05. The first-order valence-electron chi connectivity index (χ1n) is 8.77. The van der Waals surface area contributed by atoms with E-state index >= 15 is 0 Å². The number of nitro benzene ring substituents is 1. The minimum Gasteiger partial charge on any atom is -0.491 e. The minimum atomic E-state index is -0.623. The highest BCUT2D eigenvalue weighted by molar-refractivity contribution is 5.67. The molecule has 7 heteroatoms. The SMILES string of the molecule is O=[N+]([O-])c1ccc(F)c(-c2ccc(OCC(O)CCc3ccncc3)cc2)c1. The molecule has 0 saturated heterocycles. The highest BCUT2D eigenvalue weighted by Crippen LogP contribution is 2.28. The molecule has 0 amide bonds. The van der Waals surface area contributed by atoms with Crippen LogP contribution in [0, 0.1) is 15.9 Å². The number of nitrogens with zero attached hydrogens (tertiary/aromatic N) is 2. The standard InChI is InChI=1S/C21H19FN2O4/c22-21-8-4-17(24(26)27)13-20(21)16-2-6-19(7-3-16)28-14-18(25)5-1-15-9-11-23-12-10-15/h2-4,6-13,18,25H,1,5,14H2. The van der Waals surface area contributed by atoms with E-state index in [4.69, 9.17) is 4.74 Å². The number of hydrogen-bond donors (Lipinski definition) is 1. The molecule has 2 aromatic carbocycles. The number of halogens is 1. The number of pyridine rings is 1. The van der Waals surface area contributed by atoms with E-state index in [0.29, 0.717) is 17.7 Å². The number of nitro groups is 1. The zero-order valence-electron chi connectivity index (χ0n) is 15.0. The first-order valence-corrected chi connectivity index (χ1v) is 8.77. The van der Waals surface area contributed by atoms with Gasteiger partial charge in [-0.05, 0) is 54.3 Å². The Labute approximate surface area is 161 Å². The maximum absolute atomic E-state index is 14.0. The molecular formula is C21H19FN2O4. The third-order valence-corrected chi connectivity index (χ3v) is 4.28. The van der Waals surface area contributed by atoms with E-state index in [1.165, 1.54) is 6.07 Å². The number of aliphatic hydroxyl groups is 1. The third kappa shape index (κ3) is 5.11. The van der Waals surface area contributed by atoms with Crippen LogP contribution in [0.25, 0.3) is 11.1 Å². The highest BCUT2D eigenvalue weighted by Gasteiger charge is 2.13. The largest absolute Gasteiger partial charge is 0.491 e. The van der Waals surface area contributed by atoms with Crippen LogP contribution < -0.4 is 4.74 Å². The van der Waals surface area contributed by atoms with Crippen molar-refractivity contribution in [2.45, 2.75) is 18.9 Å². The number of aliphatic hydroxyl groups excluding tert-OH is 1. The Morgan fingerprint density at radius 3 is 2.50 bits per heavy atom. The van der Waals surface area contributed by atoms with Crippen molar-refractivity contribution < 1.29 is 19.2 Å². The summed E-state index contributed by atoms with van der Waals surface area (Å²) in [6.07, 6.45) is 4.08. The van der Waals surface area contributed by atoms with E-state index in [1.807, 2.05) is 12.1 Å². The van der Waals surface area contributed by atoms with Crippen LogP contribution >= 0.6 is 0 Å². The summed E-state index contributed by atoms with van der Waals surface area (Å²) in [6, 6.07) is 13.8. The monoisotopic (exact) mass is 382 g/mol. The fourth-order valence-corrected chi connectivity index (χ4v) is 2.74. The highest BCUT2D eigenvalue weighted by atomic mass is 19.1. The van der Waals surface area contributed by atoms with Crippen LogP contribution in [-0.2, 0) is 6.42 Å². The molecule has 1 heterocycles. The predicted molar refractivity (Wildman–Crippen MR) is 103 cm³/mol. The predicted octanol–water partition coefficient (Wildman–Crippen LogP) is 4.17. The molecule has 1 atom stereocenters. The van der Waals surface area contributed by atoms with Gasteiger partial charge in [0.25, 0.3) is 5.69 Å². The Balaban J connectivity index is 1.57. The van der Waals surface area contributed by atoms with Crippen LogP contribution in [-0.4, -0.2) is 27.7 Å². The van der Waals surface area contributed by atoms with E-state index in [0.717, 1.165) is 24.1 Å². The average Bonchev–Trinajstić information content (AvgIpc) is 2.72. The van der Waals surface area contributed by atoms with Crippen molar-refractivity contribution in [2.75, 3.05) is 6.61 Å². The topological polar surface area (TPSA) is 85.5 Å². The van der Waals surface area contributed by atoms with E-state index in [2.05, 4.69) is 4.98 Å². The number of benzene rings is 2. The van der Waals surface area contributed by atoms with E-state index < -0.39 is 16.8 Å². The second-order valence-corrected chi connectivity index (χ2v) is 6.30. The minimum absolute atomic E-state index is 0.135. The zero-order valence-corrected chi connectivity index (χ0v) is 15.0. The molecule has 144 valence electrons. The third-order valence-electron chi connectivity index (χ3n) is 4.28. The van der Waals surface area contributed by atoms with Crippen LogP contribution in [0.1, 0.15) is 12.0 Å². The van der Waals surface area contributed by atoms with Crippen molar-refractivity contribution in [1.29, 1.82) is 0 Å². The van der Waals surface area contributed by atoms with Crippen LogP contribution in [0.5, 0.6) is 5.75 Å². The molecule has 3 aromatic rings. The Kier molecular flexibility index (Phi) is 6.29. The van der Waals surface area contributed by atoms with Gasteiger partial charge in [-0.2, -0.15) is 0 Å². The fourth-order valence-electron chi connectivity index (χ4n) is 2.74. The maximum Gasteiger partial charge on any atom is 0.270 e. The summed E-state index contributed by atoms with van der Waals surface area (Å²) in [4.78, 5) is 14.3. The van der Waals surface area contributed by atoms with Crippen molar-refractivity contribution in [2.24, 2.45) is 0 Å². The molecule has 0 spiro atoms. The van der Waals surface area contributed by atoms with Crippen LogP contribution in [0.4, 0.5) is 10.1 Å². The van der Waals surface area contributed by atoms with Crippen molar-refractivity contribution in [1.82, 2.24) is 4.98 Å². The normalized spacial score (nSPS) is 11.8. The summed E-state index contributed by atoms with van der Waals surface area (Å²) in [5.74, 6) is -0.0108. The molecular weight excluding hydrogens is 363 g/mol. The fraction of sp³-hybridized carbons (Fsp3) is 0.190. The lowest BCUT2D eigenvalue weighted by atomic mass is 10.0. The number of non-ortho nitro benzene ring substituents is 1. The van der Waals surface area contributed by atoms with Gasteiger partial charge in [-0.3, -0.25) is 15.1 Å². The molecule has 0 aliphatic heterocycles. The van der Waals surface area contributed by atoms with Gasteiger partial charge in [-0.25, -0.2) is 4.39 Å². The maximum atomic E-state index is 14.0. The quantitative estimate of drug-likeness (QED) is 0.467. The number of ether oxygens (including phenoxy) is 1. The van der Waals surface area contributed by atoms with Gasteiger partial charge in [-0.1, -0.05) is 12.1 Å². The first kappa shape index (κ1) is 19.4. The second-order valence-electron chi connectivity index (χ2n) is 6.30. The number of aromatic nitrogens is 1. The van der Waals surface area contributed by atoms with Gasteiger partial charge in [-0.15, -0.1) is 0 Å². The van der Waals surface area contributed by atoms with Gasteiger partial charge in [0, 0.05) is 30.1 Å². The first-order chi connectivity index (χ1) is 13.5. The van der Waals surface area contributed by atoms with Crippen LogP contribution in [0.15, 0.2) is 67.0 Å². The summed E-state index contributed by atoms with van der Waals surface area (Å²) >= 11 is 0. The van der Waals surface area contributed by atoms with Crippen LogP contribution in [0.3, 0.4) is 0 Å². The molecule has 1 N–H and O–H groups in total. The van der Waals surface area contributed by atoms with Gasteiger partial charge >= 0.3 is 0 Å². The summed E-state index contributed by atoms with van der Waals surface area (Å²) < 4.78 is 19.6.